The summed E-state index contributed by atoms with van der Waals surface area (Å²) in [6, 6.07) is 0. The van der Waals surface area contributed by atoms with Gasteiger partial charge in [-0.05, 0) is 6.42 Å². The van der Waals surface area contributed by atoms with Crippen LogP contribution in [0.15, 0.2) is 28.8 Å². The third kappa shape index (κ3) is 4.16. The van der Waals surface area contributed by atoms with Crippen molar-refractivity contribution in [1.29, 1.82) is 0 Å². The van der Waals surface area contributed by atoms with Crippen LogP contribution in [0.2, 0.25) is 0 Å². The molecule has 3 N–H and O–H groups in total. The normalized spacial score (nSPS) is 13.8. The van der Waals surface area contributed by atoms with Crippen LogP contribution in [0.4, 0.5) is 0 Å². The van der Waals surface area contributed by atoms with Gasteiger partial charge in [0.2, 0.25) is 0 Å². The predicted molar refractivity (Wildman–Crippen MR) is 60.0 cm³/mol. The molecule has 1 aromatic heterocycles. The summed E-state index contributed by atoms with van der Waals surface area (Å²) in [7, 11) is 0. The molecule has 0 aliphatic rings. The summed E-state index contributed by atoms with van der Waals surface area (Å²) in [4.78, 5) is 8.13. The molecule has 1 rings (SSSR count). The van der Waals surface area contributed by atoms with Crippen LogP contribution in [-0.2, 0) is 0 Å². The van der Waals surface area contributed by atoms with Crippen LogP contribution in [0, 0.1) is 0 Å². The summed E-state index contributed by atoms with van der Waals surface area (Å²) < 4.78 is 0. The Balaban J connectivity index is 2.54. The van der Waals surface area contributed by atoms with Gasteiger partial charge in [-0.25, -0.2) is 4.98 Å². The van der Waals surface area contributed by atoms with Crippen LogP contribution in [-0.4, -0.2) is 26.3 Å². The van der Waals surface area contributed by atoms with Crippen LogP contribution in [0.25, 0.3) is 0 Å². The van der Waals surface area contributed by atoms with E-state index in [1.165, 1.54) is 0 Å². The number of thioether (sulfide) groups is 1. The van der Waals surface area contributed by atoms with E-state index in [1.54, 1.807) is 30.4 Å². The number of amidine groups is 1. The molecule has 15 heavy (non-hydrogen) atoms. The fourth-order valence-electron chi connectivity index (χ4n) is 1.06. The minimum absolute atomic E-state index is 0.248. The van der Waals surface area contributed by atoms with E-state index in [0.717, 1.165) is 11.4 Å². The highest BCUT2D eigenvalue weighted by Gasteiger charge is 2.11. The third-order valence-corrected chi connectivity index (χ3v) is 3.13. The van der Waals surface area contributed by atoms with Crippen LogP contribution in [0.5, 0.6) is 0 Å². The van der Waals surface area contributed by atoms with Gasteiger partial charge in [0, 0.05) is 24.1 Å². The SMILES string of the molecule is CCC(CC(N)=NO)Sc1cnccn1. The Morgan fingerprint density at radius 2 is 2.47 bits per heavy atom. The Morgan fingerprint density at radius 3 is 3.00 bits per heavy atom. The predicted octanol–water partition coefficient (Wildman–Crippen LogP) is 1.48. The number of aromatic nitrogens is 2. The molecule has 1 unspecified atom stereocenters. The number of hydrogen-bond acceptors (Lipinski definition) is 5. The first-order chi connectivity index (χ1) is 7.26. The number of rotatable bonds is 5. The van der Waals surface area contributed by atoms with Crippen molar-refractivity contribution in [2.45, 2.75) is 30.0 Å². The summed E-state index contributed by atoms with van der Waals surface area (Å²) >= 11 is 1.59. The van der Waals surface area contributed by atoms with Crippen molar-refractivity contribution < 1.29 is 5.21 Å². The zero-order valence-corrected chi connectivity index (χ0v) is 9.31. The second kappa shape index (κ2) is 6.23. The maximum Gasteiger partial charge on any atom is 0.140 e. The molecule has 1 atom stereocenters. The second-order valence-electron chi connectivity index (χ2n) is 2.99. The fraction of sp³-hybridized carbons (Fsp3) is 0.444. The molecule has 0 aromatic carbocycles. The van der Waals surface area contributed by atoms with Gasteiger partial charge in [0.25, 0.3) is 0 Å². The number of nitrogens with zero attached hydrogens (tertiary/aromatic N) is 3. The molecule has 0 saturated heterocycles. The minimum Gasteiger partial charge on any atom is -0.409 e. The Bertz CT molecular complexity index is 317. The van der Waals surface area contributed by atoms with Gasteiger partial charge in [0.05, 0.1) is 6.20 Å². The average molecular weight is 226 g/mol. The standard InChI is InChI=1S/C9H14N4OS/c1-2-7(5-8(10)13-14)15-9-6-11-3-4-12-9/h3-4,6-7,14H,2,5H2,1H3,(H2,10,13). The van der Waals surface area contributed by atoms with Crippen LogP contribution in [0.1, 0.15) is 19.8 Å². The molecule has 0 spiro atoms. The highest BCUT2D eigenvalue weighted by Crippen LogP contribution is 2.24. The summed E-state index contributed by atoms with van der Waals surface area (Å²) in [5.74, 6) is 0.248. The van der Waals surface area contributed by atoms with Crippen LogP contribution < -0.4 is 5.73 Å². The van der Waals surface area contributed by atoms with Crippen LogP contribution in [0.3, 0.4) is 0 Å². The average Bonchev–Trinajstić information content (AvgIpc) is 2.29. The zero-order valence-electron chi connectivity index (χ0n) is 8.50. The molecule has 0 aliphatic heterocycles. The van der Waals surface area contributed by atoms with E-state index in [1.807, 2.05) is 0 Å². The topological polar surface area (TPSA) is 84.4 Å². The number of nitrogens with two attached hydrogens (primary N) is 1. The van der Waals surface area contributed by atoms with E-state index >= 15 is 0 Å². The highest BCUT2D eigenvalue weighted by molar-refractivity contribution is 7.99. The van der Waals surface area contributed by atoms with E-state index in [-0.39, 0.29) is 11.1 Å². The van der Waals surface area contributed by atoms with Gasteiger partial charge in [-0.1, -0.05) is 12.1 Å². The Hall–Kier alpha value is -1.30. The second-order valence-corrected chi connectivity index (χ2v) is 4.31. The van der Waals surface area contributed by atoms with Crippen molar-refractivity contribution in [3.05, 3.63) is 18.6 Å². The van der Waals surface area contributed by atoms with Gasteiger partial charge in [0.15, 0.2) is 0 Å². The summed E-state index contributed by atoms with van der Waals surface area (Å²) in [6.07, 6.45) is 6.47. The minimum atomic E-state index is 0.248. The highest BCUT2D eigenvalue weighted by atomic mass is 32.2. The Kier molecular flexibility index (Phi) is 4.89. The van der Waals surface area contributed by atoms with E-state index in [9.17, 15) is 0 Å². The lowest BCUT2D eigenvalue weighted by molar-refractivity contribution is 0.316. The first-order valence-electron chi connectivity index (χ1n) is 4.65. The third-order valence-electron chi connectivity index (χ3n) is 1.85. The lowest BCUT2D eigenvalue weighted by Gasteiger charge is -2.11. The van der Waals surface area contributed by atoms with Crippen molar-refractivity contribution >= 4 is 17.6 Å². The molecule has 0 radical (unpaired) electrons. The first-order valence-corrected chi connectivity index (χ1v) is 5.53. The van der Waals surface area contributed by atoms with Crippen molar-refractivity contribution in [3.8, 4) is 0 Å². The van der Waals surface area contributed by atoms with Crippen molar-refractivity contribution in [2.75, 3.05) is 0 Å². The van der Waals surface area contributed by atoms with Crippen LogP contribution >= 0.6 is 11.8 Å². The molecule has 6 heteroatoms. The van der Waals surface area contributed by atoms with E-state index < -0.39 is 0 Å². The zero-order chi connectivity index (χ0) is 11.1. The largest absolute Gasteiger partial charge is 0.409 e. The first kappa shape index (κ1) is 11.8. The smallest absolute Gasteiger partial charge is 0.140 e. The summed E-state index contributed by atoms with van der Waals surface area (Å²) in [5.41, 5.74) is 5.45. The van der Waals surface area contributed by atoms with Gasteiger partial charge in [0.1, 0.15) is 10.9 Å². The number of oxime groups is 1. The van der Waals surface area contributed by atoms with E-state index in [2.05, 4.69) is 22.0 Å². The summed E-state index contributed by atoms with van der Waals surface area (Å²) in [6.45, 7) is 2.05. The Morgan fingerprint density at radius 1 is 1.67 bits per heavy atom. The molecule has 1 aromatic rings. The molecule has 5 nitrogen and oxygen atoms in total. The lowest BCUT2D eigenvalue weighted by atomic mass is 10.2. The van der Waals surface area contributed by atoms with Crippen molar-refractivity contribution in [2.24, 2.45) is 10.9 Å². The molecule has 0 amide bonds. The molecule has 0 bridgehead atoms. The van der Waals surface area contributed by atoms with Gasteiger partial charge in [-0.3, -0.25) is 4.98 Å². The molecule has 0 saturated carbocycles. The lowest BCUT2D eigenvalue weighted by Crippen LogP contribution is -2.18. The maximum absolute atomic E-state index is 8.47. The van der Waals surface area contributed by atoms with Gasteiger partial charge in [-0.2, -0.15) is 0 Å². The molecule has 0 aliphatic carbocycles. The fourth-order valence-corrected chi connectivity index (χ4v) is 2.07. The maximum atomic E-state index is 8.47. The van der Waals surface area contributed by atoms with E-state index in [0.29, 0.717) is 6.42 Å². The van der Waals surface area contributed by atoms with Gasteiger partial charge < -0.3 is 10.9 Å². The molecular formula is C9H14N4OS. The molecule has 82 valence electrons. The summed E-state index contributed by atoms with van der Waals surface area (Å²) in [5, 5.41) is 12.6. The van der Waals surface area contributed by atoms with E-state index in [4.69, 9.17) is 10.9 Å². The van der Waals surface area contributed by atoms with Crippen molar-refractivity contribution in [1.82, 2.24) is 9.97 Å². The van der Waals surface area contributed by atoms with Crippen molar-refractivity contribution in [3.63, 3.8) is 0 Å². The quantitative estimate of drug-likeness (QED) is 0.261. The molecular weight excluding hydrogens is 212 g/mol. The monoisotopic (exact) mass is 226 g/mol. The number of hydrogen-bond donors (Lipinski definition) is 2. The Labute approximate surface area is 92.8 Å². The molecule has 0 fully saturated rings. The molecule has 1 heterocycles. The van der Waals surface area contributed by atoms with Gasteiger partial charge >= 0.3 is 0 Å². The van der Waals surface area contributed by atoms with Gasteiger partial charge in [-0.15, -0.1) is 11.8 Å².